The first-order valence-corrected chi connectivity index (χ1v) is 6.72. The maximum absolute atomic E-state index is 6.32. The van der Waals surface area contributed by atoms with Gasteiger partial charge >= 0.3 is 0 Å². The first-order chi connectivity index (χ1) is 8.19. The van der Waals surface area contributed by atoms with Gasteiger partial charge in [-0.15, -0.1) is 0 Å². The Morgan fingerprint density at radius 2 is 2.12 bits per heavy atom. The van der Waals surface area contributed by atoms with Crippen LogP contribution < -0.4 is 10.5 Å². The fraction of sp³-hybridized carbons (Fsp3) is 0.600. The van der Waals surface area contributed by atoms with Crippen molar-refractivity contribution >= 4 is 0 Å². The first-order valence-electron chi connectivity index (χ1n) is 6.72. The fourth-order valence-corrected chi connectivity index (χ4v) is 3.56. The van der Waals surface area contributed by atoms with E-state index in [2.05, 4.69) is 19.1 Å². The molecule has 92 valence electrons. The third-order valence-corrected chi connectivity index (χ3v) is 4.29. The highest BCUT2D eigenvalue weighted by Gasteiger charge is 2.42. The van der Waals surface area contributed by atoms with Crippen LogP contribution >= 0.6 is 0 Å². The third-order valence-electron chi connectivity index (χ3n) is 4.29. The molecule has 1 aromatic rings. The second-order valence-corrected chi connectivity index (χ2v) is 5.84. The summed E-state index contributed by atoms with van der Waals surface area (Å²) in [6, 6.07) is 8.39. The largest absolute Gasteiger partial charge is 0.487 e. The van der Waals surface area contributed by atoms with Gasteiger partial charge in [-0.1, -0.05) is 31.5 Å². The van der Waals surface area contributed by atoms with Crippen LogP contribution in [0, 0.1) is 5.92 Å². The number of hydrogen-bond donors (Lipinski definition) is 1. The van der Waals surface area contributed by atoms with Gasteiger partial charge in [0.1, 0.15) is 11.4 Å². The molecule has 0 aromatic heterocycles. The second kappa shape index (κ2) is 4.02. The molecule has 17 heavy (non-hydrogen) atoms. The summed E-state index contributed by atoms with van der Waals surface area (Å²) >= 11 is 0. The zero-order valence-corrected chi connectivity index (χ0v) is 10.5. The maximum Gasteiger partial charge on any atom is 0.124 e. The molecule has 1 spiro atoms. The Morgan fingerprint density at radius 3 is 2.94 bits per heavy atom. The minimum atomic E-state index is 0.0193. The van der Waals surface area contributed by atoms with Crippen molar-refractivity contribution < 1.29 is 4.74 Å². The Morgan fingerprint density at radius 1 is 1.29 bits per heavy atom. The molecule has 2 unspecified atom stereocenters. The van der Waals surface area contributed by atoms with E-state index in [0.29, 0.717) is 0 Å². The summed E-state index contributed by atoms with van der Waals surface area (Å²) in [7, 11) is 0. The van der Waals surface area contributed by atoms with E-state index in [1.165, 1.54) is 24.8 Å². The number of hydrogen-bond acceptors (Lipinski definition) is 2. The van der Waals surface area contributed by atoms with Crippen LogP contribution in [-0.2, 0) is 0 Å². The lowest BCUT2D eigenvalue weighted by Gasteiger charge is -2.45. The van der Waals surface area contributed by atoms with Gasteiger partial charge in [0.05, 0.1) is 0 Å². The van der Waals surface area contributed by atoms with E-state index in [1.54, 1.807) is 0 Å². The Kier molecular flexibility index (Phi) is 2.62. The standard InChI is InChI=1S/C15H21NO/c1-11-5-4-8-15(9-11)10-13(16)12-6-2-3-7-14(12)17-15/h2-3,6-7,11,13H,4-5,8-10,16H2,1H3/t11?,13-,15?/m0/s1. The highest BCUT2D eigenvalue weighted by molar-refractivity contribution is 5.38. The topological polar surface area (TPSA) is 35.2 Å². The summed E-state index contributed by atoms with van der Waals surface area (Å²) in [5.41, 5.74) is 7.51. The molecular weight excluding hydrogens is 210 g/mol. The van der Waals surface area contributed by atoms with E-state index >= 15 is 0 Å². The van der Waals surface area contributed by atoms with Gasteiger partial charge in [-0.3, -0.25) is 0 Å². The van der Waals surface area contributed by atoms with Crippen LogP contribution in [0.3, 0.4) is 0 Å². The minimum Gasteiger partial charge on any atom is -0.487 e. The molecule has 1 aromatic carbocycles. The molecule has 2 nitrogen and oxygen atoms in total. The van der Waals surface area contributed by atoms with Gasteiger partial charge in [-0.25, -0.2) is 0 Å². The smallest absolute Gasteiger partial charge is 0.124 e. The molecule has 2 aliphatic rings. The van der Waals surface area contributed by atoms with Crippen molar-refractivity contribution in [2.24, 2.45) is 11.7 Å². The lowest BCUT2D eigenvalue weighted by molar-refractivity contribution is -0.0139. The number of nitrogens with two attached hydrogens (primary N) is 1. The van der Waals surface area contributed by atoms with Gasteiger partial charge in [0, 0.05) is 18.0 Å². The summed E-state index contributed by atoms with van der Waals surface area (Å²) in [6.45, 7) is 2.33. The van der Waals surface area contributed by atoms with Crippen LogP contribution in [-0.4, -0.2) is 5.60 Å². The zero-order chi connectivity index (χ0) is 11.9. The predicted octanol–water partition coefficient (Wildman–Crippen LogP) is 3.42. The van der Waals surface area contributed by atoms with Crippen molar-refractivity contribution in [2.45, 2.75) is 50.7 Å². The lowest BCUT2D eigenvalue weighted by atomic mass is 9.73. The van der Waals surface area contributed by atoms with Crippen LogP contribution in [0.1, 0.15) is 50.6 Å². The van der Waals surface area contributed by atoms with E-state index in [0.717, 1.165) is 24.5 Å². The molecule has 0 amide bonds. The molecule has 3 atom stereocenters. The van der Waals surface area contributed by atoms with Gasteiger partial charge in [-0.05, 0) is 31.2 Å². The van der Waals surface area contributed by atoms with Crippen molar-refractivity contribution in [3.05, 3.63) is 29.8 Å². The Hall–Kier alpha value is -1.02. The summed E-state index contributed by atoms with van der Waals surface area (Å²) in [6.07, 6.45) is 5.92. The van der Waals surface area contributed by atoms with E-state index in [4.69, 9.17) is 10.5 Å². The van der Waals surface area contributed by atoms with E-state index in [-0.39, 0.29) is 11.6 Å². The van der Waals surface area contributed by atoms with E-state index < -0.39 is 0 Å². The van der Waals surface area contributed by atoms with Gasteiger partial charge in [-0.2, -0.15) is 0 Å². The van der Waals surface area contributed by atoms with Gasteiger partial charge in [0.2, 0.25) is 0 Å². The molecule has 1 heterocycles. The summed E-state index contributed by atoms with van der Waals surface area (Å²) < 4.78 is 6.32. The van der Waals surface area contributed by atoms with Crippen LogP contribution in [0.4, 0.5) is 0 Å². The van der Waals surface area contributed by atoms with Crippen LogP contribution in [0.2, 0.25) is 0 Å². The zero-order valence-electron chi connectivity index (χ0n) is 10.5. The lowest BCUT2D eigenvalue weighted by Crippen LogP contribution is -2.46. The second-order valence-electron chi connectivity index (χ2n) is 5.84. The van der Waals surface area contributed by atoms with Gasteiger partial charge in [0.15, 0.2) is 0 Å². The molecule has 1 aliphatic heterocycles. The quantitative estimate of drug-likeness (QED) is 0.742. The number of fused-ring (bicyclic) bond motifs is 1. The molecule has 2 heteroatoms. The third kappa shape index (κ3) is 1.95. The van der Waals surface area contributed by atoms with Crippen molar-refractivity contribution in [3.8, 4) is 5.75 Å². The van der Waals surface area contributed by atoms with Crippen LogP contribution in [0.5, 0.6) is 5.75 Å². The predicted molar refractivity (Wildman–Crippen MR) is 69.0 cm³/mol. The molecule has 1 aliphatic carbocycles. The monoisotopic (exact) mass is 231 g/mol. The summed E-state index contributed by atoms with van der Waals surface area (Å²) in [5, 5.41) is 0. The number of benzene rings is 1. The number of para-hydroxylation sites is 1. The molecule has 2 N–H and O–H groups in total. The van der Waals surface area contributed by atoms with Crippen LogP contribution in [0.25, 0.3) is 0 Å². The van der Waals surface area contributed by atoms with Gasteiger partial charge < -0.3 is 10.5 Å². The average Bonchev–Trinajstić information content (AvgIpc) is 2.28. The molecule has 0 bridgehead atoms. The van der Waals surface area contributed by atoms with Crippen molar-refractivity contribution in [1.82, 2.24) is 0 Å². The Labute approximate surface area is 103 Å². The normalized spacial score (nSPS) is 36.4. The molecular formula is C15H21NO. The van der Waals surface area contributed by atoms with Gasteiger partial charge in [0.25, 0.3) is 0 Å². The van der Waals surface area contributed by atoms with E-state index in [9.17, 15) is 0 Å². The van der Waals surface area contributed by atoms with Crippen LogP contribution in [0.15, 0.2) is 24.3 Å². The molecule has 1 fully saturated rings. The molecule has 0 saturated heterocycles. The Bertz CT molecular complexity index is 417. The number of ether oxygens (including phenoxy) is 1. The Balaban J connectivity index is 1.92. The highest BCUT2D eigenvalue weighted by atomic mass is 16.5. The average molecular weight is 231 g/mol. The van der Waals surface area contributed by atoms with Crippen molar-refractivity contribution in [1.29, 1.82) is 0 Å². The minimum absolute atomic E-state index is 0.0193. The van der Waals surface area contributed by atoms with Crippen molar-refractivity contribution in [3.63, 3.8) is 0 Å². The first kappa shape index (κ1) is 11.1. The van der Waals surface area contributed by atoms with Crippen molar-refractivity contribution in [2.75, 3.05) is 0 Å². The number of rotatable bonds is 0. The highest BCUT2D eigenvalue weighted by Crippen LogP contribution is 2.46. The molecule has 0 radical (unpaired) electrons. The molecule has 3 rings (SSSR count). The molecule has 1 saturated carbocycles. The SMILES string of the molecule is CC1CCCC2(C1)C[C@H](N)c1ccccc1O2. The fourth-order valence-electron chi connectivity index (χ4n) is 3.56. The maximum atomic E-state index is 6.32. The summed E-state index contributed by atoms with van der Waals surface area (Å²) in [5.74, 6) is 1.78. The summed E-state index contributed by atoms with van der Waals surface area (Å²) in [4.78, 5) is 0. The van der Waals surface area contributed by atoms with E-state index in [1.807, 2.05) is 12.1 Å².